The highest BCUT2D eigenvalue weighted by molar-refractivity contribution is 6.35. The molecule has 2 aromatic rings. The Balaban J connectivity index is 2.56. The number of ketones is 1. The maximum Gasteiger partial charge on any atom is 0.197 e. The molecule has 3 nitrogen and oxygen atoms in total. The van der Waals surface area contributed by atoms with Crippen molar-refractivity contribution in [3.8, 4) is 6.07 Å². The number of nitrogens with two attached hydrogens (primary N) is 1. The van der Waals surface area contributed by atoms with Crippen LogP contribution in [0.15, 0.2) is 36.4 Å². The van der Waals surface area contributed by atoms with Crippen LogP contribution in [-0.4, -0.2) is 5.78 Å². The van der Waals surface area contributed by atoms with Gasteiger partial charge in [0.1, 0.15) is 5.82 Å². The maximum atomic E-state index is 14.6. The summed E-state index contributed by atoms with van der Waals surface area (Å²) in [6.07, 6.45) is 0.538. The SMILES string of the molecule is CC[C@@H](N)c1ccc(Cl)c(C(=O)c2cccc(C#N)c2)c1F. The Kier molecular flexibility index (Phi) is 4.92. The van der Waals surface area contributed by atoms with E-state index in [0.717, 1.165) is 0 Å². The van der Waals surface area contributed by atoms with Gasteiger partial charge >= 0.3 is 0 Å². The maximum absolute atomic E-state index is 14.6. The van der Waals surface area contributed by atoms with Gasteiger partial charge < -0.3 is 5.73 Å². The van der Waals surface area contributed by atoms with Gasteiger partial charge in [0.05, 0.1) is 22.2 Å². The van der Waals surface area contributed by atoms with Crippen molar-refractivity contribution in [2.45, 2.75) is 19.4 Å². The Bertz CT molecular complexity index is 768. The standard InChI is InChI=1S/C17H14ClFN2O/c1-2-14(21)12-6-7-13(18)15(16(12)19)17(22)11-5-3-4-10(8-11)9-20/h3-8,14H,2,21H2,1H3/t14-/m1/s1. The first-order valence-corrected chi connectivity index (χ1v) is 7.15. The lowest BCUT2D eigenvalue weighted by molar-refractivity contribution is 0.103. The molecular weight excluding hydrogens is 303 g/mol. The summed E-state index contributed by atoms with van der Waals surface area (Å²) < 4.78 is 14.6. The van der Waals surface area contributed by atoms with Crippen molar-refractivity contribution < 1.29 is 9.18 Å². The zero-order valence-corrected chi connectivity index (χ0v) is 12.7. The molecule has 1 atom stereocenters. The minimum atomic E-state index is -0.700. The van der Waals surface area contributed by atoms with E-state index in [1.165, 1.54) is 24.3 Å². The van der Waals surface area contributed by atoms with Crippen LogP contribution in [0, 0.1) is 17.1 Å². The first-order valence-electron chi connectivity index (χ1n) is 6.78. The molecule has 0 aromatic heterocycles. The molecule has 22 heavy (non-hydrogen) atoms. The molecule has 0 aliphatic carbocycles. The van der Waals surface area contributed by atoms with E-state index in [2.05, 4.69) is 0 Å². The highest BCUT2D eigenvalue weighted by atomic mass is 35.5. The fourth-order valence-corrected chi connectivity index (χ4v) is 2.39. The quantitative estimate of drug-likeness (QED) is 0.867. The largest absolute Gasteiger partial charge is 0.324 e. The third-order valence-corrected chi connectivity index (χ3v) is 3.76. The van der Waals surface area contributed by atoms with Gasteiger partial charge in [-0.25, -0.2) is 4.39 Å². The van der Waals surface area contributed by atoms with Crippen molar-refractivity contribution in [2.75, 3.05) is 0 Å². The molecule has 0 heterocycles. The second-order valence-corrected chi connectivity index (χ2v) is 5.27. The average Bonchev–Trinajstić information content (AvgIpc) is 2.54. The van der Waals surface area contributed by atoms with E-state index >= 15 is 0 Å². The summed E-state index contributed by atoms with van der Waals surface area (Å²) in [5.74, 6) is -1.26. The predicted molar refractivity (Wildman–Crippen MR) is 83.2 cm³/mol. The molecule has 0 unspecified atom stereocenters. The van der Waals surface area contributed by atoms with Gasteiger partial charge in [-0.3, -0.25) is 4.79 Å². The smallest absolute Gasteiger partial charge is 0.197 e. The van der Waals surface area contributed by atoms with Crippen LogP contribution in [0.3, 0.4) is 0 Å². The normalized spacial score (nSPS) is 11.8. The molecule has 0 bridgehead atoms. The monoisotopic (exact) mass is 316 g/mol. The summed E-state index contributed by atoms with van der Waals surface area (Å²) in [6, 6.07) is 10.5. The number of benzene rings is 2. The van der Waals surface area contributed by atoms with Crippen LogP contribution in [-0.2, 0) is 0 Å². The molecule has 0 fully saturated rings. The Morgan fingerprint density at radius 1 is 1.41 bits per heavy atom. The van der Waals surface area contributed by atoms with Crippen molar-refractivity contribution >= 4 is 17.4 Å². The van der Waals surface area contributed by atoms with Crippen molar-refractivity contribution in [1.29, 1.82) is 5.26 Å². The Morgan fingerprint density at radius 3 is 2.77 bits per heavy atom. The highest BCUT2D eigenvalue weighted by Crippen LogP contribution is 2.28. The molecular formula is C17H14ClFN2O. The molecule has 0 saturated heterocycles. The van der Waals surface area contributed by atoms with Crippen molar-refractivity contribution in [3.63, 3.8) is 0 Å². The summed E-state index contributed by atoms with van der Waals surface area (Å²) in [5.41, 5.74) is 6.44. The second kappa shape index (κ2) is 6.69. The van der Waals surface area contributed by atoms with Crippen LogP contribution in [0.4, 0.5) is 4.39 Å². The van der Waals surface area contributed by atoms with Crippen LogP contribution >= 0.6 is 11.6 Å². The van der Waals surface area contributed by atoms with Gasteiger partial charge in [0.25, 0.3) is 0 Å². The third-order valence-electron chi connectivity index (χ3n) is 3.44. The highest BCUT2D eigenvalue weighted by Gasteiger charge is 2.22. The van der Waals surface area contributed by atoms with Crippen LogP contribution in [0.2, 0.25) is 5.02 Å². The summed E-state index contributed by atoms with van der Waals surface area (Å²) >= 11 is 6.00. The number of rotatable bonds is 4. The van der Waals surface area contributed by atoms with Gasteiger partial charge in [0.2, 0.25) is 0 Å². The Labute approximate surface area is 133 Å². The van der Waals surface area contributed by atoms with Gasteiger partial charge in [0.15, 0.2) is 5.78 Å². The number of nitriles is 1. The summed E-state index contributed by atoms with van der Waals surface area (Å²) in [7, 11) is 0. The molecule has 0 spiro atoms. The van der Waals surface area contributed by atoms with Crippen molar-refractivity contribution in [3.05, 3.63) is 69.5 Å². The number of hydrogen-bond acceptors (Lipinski definition) is 3. The number of halogens is 2. The number of nitrogens with zero attached hydrogens (tertiary/aromatic N) is 1. The summed E-state index contributed by atoms with van der Waals surface area (Å²) in [6.45, 7) is 1.83. The number of carbonyl (C=O) groups is 1. The topological polar surface area (TPSA) is 66.9 Å². The summed E-state index contributed by atoms with van der Waals surface area (Å²) in [5, 5.41) is 8.92. The van der Waals surface area contributed by atoms with Crippen molar-refractivity contribution in [2.24, 2.45) is 5.73 Å². The average molecular weight is 317 g/mol. The first-order chi connectivity index (χ1) is 10.5. The summed E-state index contributed by atoms with van der Waals surface area (Å²) in [4.78, 5) is 12.5. The molecule has 0 saturated carbocycles. The molecule has 2 rings (SSSR count). The molecule has 0 radical (unpaired) electrons. The van der Waals surface area contributed by atoms with Gasteiger partial charge in [-0.05, 0) is 24.6 Å². The zero-order chi connectivity index (χ0) is 16.3. The fourth-order valence-electron chi connectivity index (χ4n) is 2.16. The number of hydrogen-bond donors (Lipinski definition) is 1. The van der Waals surface area contributed by atoms with E-state index in [1.807, 2.05) is 13.0 Å². The lowest BCUT2D eigenvalue weighted by atomic mass is 9.96. The molecule has 0 aliphatic heterocycles. The fraction of sp³-hybridized carbons (Fsp3) is 0.176. The van der Waals surface area contributed by atoms with Gasteiger partial charge in [-0.1, -0.05) is 36.7 Å². The predicted octanol–water partition coefficient (Wildman–Crippen LogP) is 3.99. The van der Waals surface area contributed by atoms with E-state index in [1.54, 1.807) is 12.1 Å². The van der Waals surface area contributed by atoms with E-state index in [9.17, 15) is 9.18 Å². The van der Waals surface area contributed by atoms with Gasteiger partial charge in [0, 0.05) is 17.2 Å². The third kappa shape index (κ3) is 3.01. The lowest BCUT2D eigenvalue weighted by Crippen LogP contribution is -2.14. The second-order valence-electron chi connectivity index (χ2n) is 4.86. The minimum absolute atomic E-state index is 0.0249. The van der Waals surface area contributed by atoms with E-state index in [4.69, 9.17) is 22.6 Å². The van der Waals surface area contributed by atoms with E-state index < -0.39 is 17.6 Å². The lowest BCUT2D eigenvalue weighted by Gasteiger charge is -2.14. The van der Waals surface area contributed by atoms with E-state index in [0.29, 0.717) is 12.0 Å². The zero-order valence-electron chi connectivity index (χ0n) is 11.9. The molecule has 0 amide bonds. The molecule has 112 valence electrons. The van der Waals surface area contributed by atoms with Gasteiger partial charge in [-0.2, -0.15) is 5.26 Å². The Hall–Kier alpha value is -2.22. The number of carbonyl (C=O) groups excluding carboxylic acids is 1. The van der Waals surface area contributed by atoms with Crippen LogP contribution in [0.5, 0.6) is 0 Å². The first kappa shape index (κ1) is 16.2. The van der Waals surface area contributed by atoms with Gasteiger partial charge in [-0.15, -0.1) is 0 Å². The minimum Gasteiger partial charge on any atom is -0.324 e. The molecule has 2 N–H and O–H groups in total. The van der Waals surface area contributed by atoms with E-state index in [-0.39, 0.29) is 21.7 Å². The van der Waals surface area contributed by atoms with Crippen LogP contribution in [0.25, 0.3) is 0 Å². The molecule has 2 aromatic carbocycles. The van der Waals surface area contributed by atoms with Crippen LogP contribution in [0.1, 0.15) is 46.4 Å². The molecule has 5 heteroatoms. The Morgan fingerprint density at radius 2 is 2.14 bits per heavy atom. The van der Waals surface area contributed by atoms with Crippen LogP contribution < -0.4 is 5.73 Å². The van der Waals surface area contributed by atoms with Crippen molar-refractivity contribution in [1.82, 2.24) is 0 Å². The molecule has 0 aliphatic rings.